The van der Waals surface area contributed by atoms with Crippen molar-refractivity contribution in [2.24, 2.45) is 11.8 Å². The van der Waals surface area contributed by atoms with Crippen LogP contribution in [-0.2, 0) is 4.74 Å². The Kier molecular flexibility index (Phi) is 5.46. The van der Waals surface area contributed by atoms with Crippen molar-refractivity contribution in [1.82, 2.24) is 4.90 Å². The van der Waals surface area contributed by atoms with Crippen LogP contribution in [-0.4, -0.2) is 59.7 Å². The number of likely N-dealkylation sites (N-methyl/N-ethyl adjacent to an activating group) is 1. The fourth-order valence-electron chi connectivity index (χ4n) is 3.25. The molecule has 2 N–H and O–H groups in total. The van der Waals surface area contributed by atoms with Crippen LogP contribution in [0.4, 0.5) is 0 Å². The molecule has 5 atom stereocenters. The van der Waals surface area contributed by atoms with E-state index in [9.17, 15) is 10.2 Å². The first-order valence-electron chi connectivity index (χ1n) is 8.08. The minimum Gasteiger partial charge on any atom is -0.390 e. The Morgan fingerprint density at radius 2 is 1.90 bits per heavy atom. The first kappa shape index (κ1) is 16.2. The van der Waals surface area contributed by atoms with Crippen LogP contribution in [0, 0.1) is 11.8 Å². The molecule has 4 nitrogen and oxygen atoms in total. The number of nitrogens with zero attached hydrogens (tertiary/aromatic N) is 1. The number of ether oxygens (including phenoxy) is 1. The largest absolute Gasteiger partial charge is 0.390 e. The summed E-state index contributed by atoms with van der Waals surface area (Å²) in [6, 6.07) is 0.0664. The molecular weight excluding hydrogens is 254 g/mol. The number of aliphatic hydroxyl groups excluding tert-OH is 2. The van der Waals surface area contributed by atoms with Gasteiger partial charge in [0.05, 0.1) is 24.4 Å². The smallest absolute Gasteiger partial charge is 0.0959 e. The molecule has 2 fully saturated rings. The van der Waals surface area contributed by atoms with E-state index in [2.05, 4.69) is 18.7 Å². The summed E-state index contributed by atoms with van der Waals surface area (Å²) in [6.45, 7) is 4.14. The van der Waals surface area contributed by atoms with Gasteiger partial charge in [0.1, 0.15) is 0 Å². The maximum atomic E-state index is 10.4. The summed E-state index contributed by atoms with van der Waals surface area (Å²) in [5.74, 6) is 1.09. The molecule has 2 rings (SSSR count). The van der Waals surface area contributed by atoms with E-state index < -0.39 is 12.2 Å². The Labute approximate surface area is 123 Å². The SMILES string of the molecule is CC(C)[C@@H]1OC(C(O)CCC2CC2)CC(N(C)C)C1O. The van der Waals surface area contributed by atoms with Gasteiger partial charge in [-0.3, -0.25) is 0 Å². The van der Waals surface area contributed by atoms with Crippen molar-refractivity contribution in [2.75, 3.05) is 14.1 Å². The molecule has 0 aromatic carbocycles. The van der Waals surface area contributed by atoms with Crippen LogP contribution in [0.2, 0.25) is 0 Å². The summed E-state index contributed by atoms with van der Waals surface area (Å²) in [7, 11) is 3.98. The van der Waals surface area contributed by atoms with E-state index >= 15 is 0 Å². The number of aliphatic hydroxyl groups is 2. The van der Waals surface area contributed by atoms with Gasteiger partial charge in [0.15, 0.2) is 0 Å². The van der Waals surface area contributed by atoms with Crippen molar-refractivity contribution < 1.29 is 14.9 Å². The maximum absolute atomic E-state index is 10.4. The molecule has 2 aliphatic rings. The zero-order chi connectivity index (χ0) is 14.9. The van der Waals surface area contributed by atoms with Gasteiger partial charge in [-0.05, 0) is 45.2 Å². The summed E-state index contributed by atoms with van der Waals surface area (Å²) < 4.78 is 6.03. The third kappa shape index (κ3) is 3.94. The second-order valence-corrected chi connectivity index (χ2v) is 7.23. The van der Waals surface area contributed by atoms with Crippen molar-refractivity contribution in [3.63, 3.8) is 0 Å². The van der Waals surface area contributed by atoms with Gasteiger partial charge in [-0.1, -0.05) is 26.7 Å². The molecule has 1 saturated carbocycles. The lowest BCUT2D eigenvalue weighted by molar-refractivity contribution is -0.189. The van der Waals surface area contributed by atoms with Gasteiger partial charge >= 0.3 is 0 Å². The van der Waals surface area contributed by atoms with Crippen LogP contribution in [0.5, 0.6) is 0 Å². The van der Waals surface area contributed by atoms with Crippen molar-refractivity contribution in [1.29, 1.82) is 0 Å². The second-order valence-electron chi connectivity index (χ2n) is 7.23. The van der Waals surface area contributed by atoms with E-state index in [1.54, 1.807) is 0 Å². The highest BCUT2D eigenvalue weighted by Crippen LogP contribution is 2.36. The van der Waals surface area contributed by atoms with E-state index in [-0.39, 0.29) is 24.2 Å². The van der Waals surface area contributed by atoms with E-state index in [1.165, 1.54) is 12.8 Å². The summed E-state index contributed by atoms with van der Waals surface area (Å²) in [4.78, 5) is 2.06. The fraction of sp³-hybridized carbons (Fsp3) is 1.00. The monoisotopic (exact) mass is 285 g/mol. The lowest BCUT2D eigenvalue weighted by atomic mass is 9.86. The molecule has 0 amide bonds. The first-order valence-corrected chi connectivity index (χ1v) is 8.08. The average Bonchev–Trinajstić information content (AvgIpc) is 3.19. The van der Waals surface area contributed by atoms with Crippen LogP contribution in [0.15, 0.2) is 0 Å². The molecule has 0 bridgehead atoms. The third-order valence-corrected chi connectivity index (χ3v) is 4.85. The highest BCUT2D eigenvalue weighted by molar-refractivity contribution is 4.93. The molecule has 1 aliphatic heterocycles. The van der Waals surface area contributed by atoms with Crippen LogP contribution >= 0.6 is 0 Å². The predicted molar refractivity (Wildman–Crippen MR) is 79.6 cm³/mol. The molecule has 1 heterocycles. The summed E-state index contributed by atoms with van der Waals surface area (Å²) in [5.41, 5.74) is 0. The molecule has 20 heavy (non-hydrogen) atoms. The van der Waals surface area contributed by atoms with Crippen LogP contribution in [0.1, 0.15) is 46.0 Å². The van der Waals surface area contributed by atoms with Gasteiger partial charge in [0, 0.05) is 6.04 Å². The van der Waals surface area contributed by atoms with Crippen molar-refractivity contribution in [3.8, 4) is 0 Å². The van der Waals surface area contributed by atoms with Gasteiger partial charge in [-0.25, -0.2) is 0 Å². The Morgan fingerprint density at radius 1 is 1.25 bits per heavy atom. The van der Waals surface area contributed by atoms with E-state index in [0.29, 0.717) is 6.42 Å². The Morgan fingerprint density at radius 3 is 2.40 bits per heavy atom. The topological polar surface area (TPSA) is 52.9 Å². The minimum absolute atomic E-state index is 0.0664. The average molecular weight is 285 g/mol. The quantitative estimate of drug-likeness (QED) is 0.779. The molecule has 0 radical (unpaired) electrons. The molecule has 0 spiro atoms. The van der Waals surface area contributed by atoms with Crippen molar-refractivity contribution in [2.45, 2.75) is 76.4 Å². The lowest BCUT2D eigenvalue weighted by Gasteiger charge is -2.45. The maximum Gasteiger partial charge on any atom is 0.0959 e. The second kappa shape index (κ2) is 6.73. The van der Waals surface area contributed by atoms with Crippen molar-refractivity contribution >= 4 is 0 Å². The first-order chi connectivity index (χ1) is 9.40. The van der Waals surface area contributed by atoms with Gasteiger partial charge in [0.2, 0.25) is 0 Å². The summed E-state index contributed by atoms with van der Waals surface area (Å²) in [5, 5.41) is 20.9. The van der Waals surface area contributed by atoms with Gasteiger partial charge in [0.25, 0.3) is 0 Å². The van der Waals surface area contributed by atoms with Crippen LogP contribution < -0.4 is 0 Å². The molecule has 1 saturated heterocycles. The van der Waals surface area contributed by atoms with Crippen molar-refractivity contribution in [3.05, 3.63) is 0 Å². The van der Waals surface area contributed by atoms with E-state index in [4.69, 9.17) is 4.74 Å². The van der Waals surface area contributed by atoms with E-state index in [1.807, 2.05) is 14.1 Å². The minimum atomic E-state index is -0.475. The normalized spacial score (nSPS) is 36.6. The number of rotatable bonds is 6. The molecule has 0 aromatic rings. The predicted octanol–water partition coefficient (Wildman–Crippen LogP) is 1.64. The molecule has 4 heteroatoms. The summed E-state index contributed by atoms with van der Waals surface area (Å²) >= 11 is 0. The fourth-order valence-corrected chi connectivity index (χ4v) is 3.25. The zero-order valence-corrected chi connectivity index (χ0v) is 13.3. The highest BCUT2D eigenvalue weighted by Gasteiger charge is 2.42. The van der Waals surface area contributed by atoms with Gasteiger partial charge < -0.3 is 19.8 Å². The highest BCUT2D eigenvalue weighted by atomic mass is 16.5. The van der Waals surface area contributed by atoms with Crippen LogP contribution in [0.3, 0.4) is 0 Å². The molecular formula is C16H31NO3. The molecule has 1 aliphatic carbocycles. The van der Waals surface area contributed by atoms with Crippen LogP contribution in [0.25, 0.3) is 0 Å². The molecule has 4 unspecified atom stereocenters. The summed E-state index contributed by atoms with van der Waals surface area (Å²) in [6.07, 6.45) is 4.11. The van der Waals surface area contributed by atoms with Gasteiger partial charge in [-0.15, -0.1) is 0 Å². The van der Waals surface area contributed by atoms with E-state index in [0.717, 1.165) is 18.8 Å². The zero-order valence-electron chi connectivity index (χ0n) is 13.3. The Balaban J connectivity index is 1.96. The third-order valence-electron chi connectivity index (χ3n) is 4.85. The Bertz CT molecular complexity index is 286. The standard InChI is InChI=1S/C16H31NO3/c1-10(2)16-15(19)12(17(3)4)9-14(20-16)13(18)8-7-11-5-6-11/h10-16,18-19H,5-9H2,1-4H3/t12?,13?,14?,15?,16-/m0/s1. The molecule has 0 aromatic heterocycles. The van der Waals surface area contributed by atoms with Gasteiger partial charge in [-0.2, -0.15) is 0 Å². The number of hydrogen-bond acceptors (Lipinski definition) is 4. The molecule has 118 valence electrons. The number of hydrogen-bond donors (Lipinski definition) is 2. The Hall–Kier alpha value is -0.160. The lowest BCUT2D eigenvalue weighted by Crippen LogP contribution is -2.57.